The number of ether oxygens (including phenoxy) is 1. The van der Waals surface area contributed by atoms with Gasteiger partial charge in [0.15, 0.2) is 6.10 Å². The molecule has 2 aromatic carbocycles. The third-order valence-corrected chi connectivity index (χ3v) is 3.82. The number of carbonyl (C=O) groups is 2. The average molecular weight is 331 g/mol. The van der Waals surface area contributed by atoms with Crippen LogP contribution < -0.4 is 15.0 Å². The number of amides is 2. The van der Waals surface area contributed by atoms with Crippen molar-refractivity contribution in [3.8, 4) is 5.75 Å². The Labute approximate surface area is 138 Å². The minimum absolute atomic E-state index is 0.0655. The van der Waals surface area contributed by atoms with Gasteiger partial charge in [-0.25, -0.2) is 0 Å². The second kappa shape index (κ2) is 6.30. The minimum atomic E-state index is -0.839. The molecule has 1 aliphatic rings. The number of nitrogens with one attached hydrogen (secondary N) is 1. The number of nitrogens with zero attached hydrogens (tertiary/aromatic N) is 1. The first-order valence-electron chi connectivity index (χ1n) is 7.13. The Morgan fingerprint density at radius 1 is 1.26 bits per heavy atom. The quantitative estimate of drug-likeness (QED) is 0.940. The van der Waals surface area contributed by atoms with E-state index in [0.29, 0.717) is 22.1 Å². The van der Waals surface area contributed by atoms with E-state index in [1.807, 2.05) is 12.1 Å². The first-order valence-corrected chi connectivity index (χ1v) is 7.51. The van der Waals surface area contributed by atoms with Gasteiger partial charge in [0.05, 0.1) is 12.1 Å². The molecular weight excluding hydrogens is 316 g/mol. The van der Waals surface area contributed by atoms with Crippen LogP contribution in [0.2, 0.25) is 5.02 Å². The third-order valence-electron chi connectivity index (χ3n) is 3.58. The van der Waals surface area contributed by atoms with E-state index in [4.69, 9.17) is 16.3 Å². The number of benzene rings is 2. The molecule has 1 N–H and O–H groups in total. The molecule has 1 heterocycles. The highest BCUT2D eigenvalue weighted by atomic mass is 35.5. The van der Waals surface area contributed by atoms with Gasteiger partial charge in [-0.05, 0) is 30.3 Å². The van der Waals surface area contributed by atoms with Crippen molar-refractivity contribution in [3.63, 3.8) is 0 Å². The summed E-state index contributed by atoms with van der Waals surface area (Å²) >= 11 is 5.88. The van der Waals surface area contributed by atoms with Crippen molar-refractivity contribution >= 4 is 34.8 Å². The zero-order valence-corrected chi connectivity index (χ0v) is 13.2. The number of para-hydroxylation sites is 2. The topological polar surface area (TPSA) is 58.6 Å². The lowest BCUT2D eigenvalue weighted by Gasteiger charge is -2.31. The zero-order chi connectivity index (χ0) is 16.4. The SMILES string of the molecule is CN1C(=O)C(CC(=O)Nc2cccc(Cl)c2)Oc2ccccc21. The van der Waals surface area contributed by atoms with Gasteiger partial charge in [0.1, 0.15) is 5.75 Å². The fourth-order valence-electron chi connectivity index (χ4n) is 2.45. The summed E-state index contributed by atoms with van der Waals surface area (Å²) in [7, 11) is 1.67. The van der Waals surface area contributed by atoms with Crippen LogP contribution >= 0.6 is 11.6 Å². The molecule has 1 atom stereocenters. The van der Waals surface area contributed by atoms with Crippen LogP contribution in [0, 0.1) is 0 Å². The van der Waals surface area contributed by atoms with Crippen molar-refractivity contribution in [1.29, 1.82) is 0 Å². The molecule has 2 aromatic rings. The second-order valence-corrected chi connectivity index (χ2v) is 5.67. The fourth-order valence-corrected chi connectivity index (χ4v) is 2.64. The molecule has 6 heteroatoms. The first kappa shape index (κ1) is 15.4. The molecule has 3 rings (SSSR count). The Bertz CT molecular complexity index is 763. The van der Waals surface area contributed by atoms with Crippen molar-refractivity contribution in [2.75, 3.05) is 17.3 Å². The van der Waals surface area contributed by atoms with Gasteiger partial charge in [0.2, 0.25) is 5.91 Å². The van der Waals surface area contributed by atoms with E-state index in [-0.39, 0.29) is 18.2 Å². The lowest BCUT2D eigenvalue weighted by Crippen LogP contribution is -2.45. The molecule has 0 saturated carbocycles. The standard InChI is InChI=1S/C17H15ClN2O3/c1-20-13-7-2-3-8-14(13)23-15(17(20)22)10-16(21)19-12-6-4-5-11(18)9-12/h2-9,15H,10H2,1H3,(H,19,21). The monoisotopic (exact) mass is 330 g/mol. The van der Waals surface area contributed by atoms with Gasteiger partial charge in [-0.1, -0.05) is 29.8 Å². The molecule has 0 aliphatic carbocycles. The van der Waals surface area contributed by atoms with Gasteiger partial charge in [0, 0.05) is 17.8 Å². The third kappa shape index (κ3) is 3.29. The number of rotatable bonds is 3. The number of hydrogen-bond donors (Lipinski definition) is 1. The van der Waals surface area contributed by atoms with Crippen LogP contribution in [0.1, 0.15) is 6.42 Å². The van der Waals surface area contributed by atoms with Crippen LogP contribution in [0.15, 0.2) is 48.5 Å². The predicted octanol–water partition coefficient (Wildman–Crippen LogP) is 3.09. The maximum absolute atomic E-state index is 12.3. The predicted molar refractivity (Wildman–Crippen MR) is 89.0 cm³/mol. The number of carbonyl (C=O) groups excluding carboxylic acids is 2. The van der Waals surface area contributed by atoms with Crippen LogP contribution in [0.4, 0.5) is 11.4 Å². The molecule has 1 aliphatic heterocycles. The molecule has 0 spiro atoms. The second-order valence-electron chi connectivity index (χ2n) is 5.23. The first-order chi connectivity index (χ1) is 11.0. The summed E-state index contributed by atoms with van der Waals surface area (Å²) in [5.41, 5.74) is 1.28. The Morgan fingerprint density at radius 3 is 2.83 bits per heavy atom. The van der Waals surface area contributed by atoms with E-state index in [9.17, 15) is 9.59 Å². The van der Waals surface area contributed by atoms with E-state index < -0.39 is 6.10 Å². The molecule has 0 bridgehead atoms. The van der Waals surface area contributed by atoms with Crippen LogP contribution in [0.5, 0.6) is 5.75 Å². The number of hydrogen-bond acceptors (Lipinski definition) is 3. The lowest BCUT2D eigenvalue weighted by atomic mass is 10.1. The molecule has 0 saturated heterocycles. The summed E-state index contributed by atoms with van der Waals surface area (Å²) in [6.07, 6.45) is -0.904. The van der Waals surface area contributed by atoms with Gasteiger partial charge in [-0.15, -0.1) is 0 Å². The van der Waals surface area contributed by atoms with Gasteiger partial charge in [-0.3, -0.25) is 9.59 Å². The maximum Gasteiger partial charge on any atom is 0.268 e. The zero-order valence-electron chi connectivity index (χ0n) is 12.5. The Morgan fingerprint density at radius 2 is 2.04 bits per heavy atom. The Hall–Kier alpha value is -2.53. The average Bonchev–Trinajstić information content (AvgIpc) is 2.52. The summed E-state index contributed by atoms with van der Waals surface area (Å²) < 4.78 is 5.67. The molecule has 2 amide bonds. The van der Waals surface area contributed by atoms with E-state index in [1.165, 1.54) is 4.90 Å². The fraction of sp³-hybridized carbons (Fsp3) is 0.176. The van der Waals surface area contributed by atoms with Crippen molar-refractivity contribution in [2.45, 2.75) is 12.5 Å². The maximum atomic E-state index is 12.3. The van der Waals surface area contributed by atoms with E-state index in [1.54, 1.807) is 43.4 Å². The van der Waals surface area contributed by atoms with Crippen LogP contribution in [-0.2, 0) is 9.59 Å². The Kier molecular flexibility index (Phi) is 4.21. The summed E-state index contributed by atoms with van der Waals surface area (Å²) in [6.45, 7) is 0. The highest BCUT2D eigenvalue weighted by Crippen LogP contribution is 2.33. The molecular formula is C17H15ClN2O3. The molecule has 0 aromatic heterocycles. The molecule has 0 fully saturated rings. The minimum Gasteiger partial charge on any atom is -0.478 e. The van der Waals surface area contributed by atoms with Gasteiger partial charge in [-0.2, -0.15) is 0 Å². The van der Waals surface area contributed by atoms with E-state index >= 15 is 0 Å². The van der Waals surface area contributed by atoms with E-state index in [2.05, 4.69) is 5.32 Å². The van der Waals surface area contributed by atoms with Crippen LogP contribution in [0.3, 0.4) is 0 Å². The number of halogens is 1. The Balaban J connectivity index is 1.71. The van der Waals surface area contributed by atoms with Crippen molar-refractivity contribution in [1.82, 2.24) is 0 Å². The van der Waals surface area contributed by atoms with Crippen molar-refractivity contribution in [2.24, 2.45) is 0 Å². The number of likely N-dealkylation sites (N-methyl/N-ethyl adjacent to an activating group) is 1. The molecule has 5 nitrogen and oxygen atoms in total. The summed E-state index contributed by atoms with van der Waals surface area (Å²) in [5.74, 6) is 0.0403. The van der Waals surface area contributed by atoms with Crippen molar-refractivity contribution in [3.05, 3.63) is 53.6 Å². The summed E-state index contributed by atoms with van der Waals surface area (Å²) in [5, 5.41) is 3.24. The highest BCUT2D eigenvalue weighted by Gasteiger charge is 2.33. The van der Waals surface area contributed by atoms with Gasteiger partial charge >= 0.3 is 0 Å². The highest BCUT2D eigenvalue weighted by molar-refractivity contribution is 6.30. The van der Waals surface area contributed by atoms with E-state index in [0.717, 1.165) is 0 Å². The normalized spacial score (nSPS) is 16.5. The number of anilines is 2. The van der Waals surface area contributed by atoms with Gasteiger partial charge in [0.25, 0.3) is 5.91 Å². The molecule has 23 heavy (non-hydrogen) atoms. The van der Waals surface area contributed by atoms with Crippen LogP contribution in [0.25, 0.3) is 0 Å². The van der Waals surface area contributed by atoms with Gasteiger partial charge < -0.3 is 15.0 Å². The van der Waals surface area contributed by atoms with Crippen LogP contribution in [-0.4, -0.2) is 25.0 Å². The van der Waals surface area contributed by atoms with Crippen molar-refractivity contribution < 1.29 is 14.3 Å². The summed E-state index contributed by atoms with van der Waals surface area (Å²) in [4.78, 5) is 26.0. The molecule has 1 unspecified atom stereocenters. The molecule has 118 valence electrons. The smallest absolute Gasteiger partial charge is 0.268 e. The number of fused-ring (bicyclic) bond motifs is 1. The largest absolute Gasteiger partial charge is 0.478 e. The summed E-state index contributed by atoms with van der Waals surface area (Å²) in [6, 6.07) is 14.1. The lowest BCUT2D eigenvalue weighted by molar-refractivity contribution is -0.130. The molecule has 0 radical (unpaired) electrons.